The summed E-state index contributed by atoms with van der Waals surface area (Å²) >= 11 is 1.68. The van der Waals surface area contributed by atoms with Crippen molar-refractivity contribution in [3.63, 3.8) is 0 Å². The highest BCUT2D eigenvalue weighted by atomic mass is 32.2. The van der Waals surface area contributed by atoms with Crippen LogP contribution in [-0.4, -0.2) is 47.0 Å². The molecule has 3 unspecified atom stereocenters. The Hall–Kier alpha value is -0.710. The van der Waals surface area contributed by atoms with E-state index in [-0.39, 0.29) is 17.9 Å². The van der Waals surface area contributed by atoms with Crippen molar-refractivity contribution >= 4 is 23.6 Å². The molecule has 0 aromatic rings. The Morgan fingerprint density at radius 2 is 2.13 bits per heavy atom. The second-order valence-electron chi connectivity index (χ2n) is 4.04. The highest BCUT2D eigenvalue weighted by molar-refractivity contribution is 7.98. The number of carboxylic acids is 1. The van der Waals surface area contributed by atoms with Gasteiger partial charge in [-0.1, -0.05) is 0 Å². The van der Waals surface area contributed by atoms with Crippen molar-refractivity contribution in [2.75, 3.05) is 19.1 Å². The molecule has 0 aromatic carbocycles. The van der Waals surface area contributed by atoms with E-state index >= 15 is 0 Å². The van der Waals surface area contributed by atoms with Gasteiger partial charge in [0.25, 0.3) is 0 Å². The maximum atomic E-state index is 11.8. The molecule has 1 rings (SSSR count). The van der Waals surface area contributed by atoms with Crippen molar-refractivity contribution in [3.8, 4) is 0 Å². The molecule has 0 radical (unpaired) electrons. The highest BCUT2D eigenvalue weighted by Crippen LogP contribution is 2.40. The second kappa shape index (κ2) is 4.88. The fourth-order valence-corrected chi connectivity index (χ4v) is 2.28. The van der Waals surface area contributed by atoms with Gasteiger partial charge < -0.3 is 10.0 Å². The normalized spacial score (nSPS) is 25.8. The molecule has 86 valence electrons. The zero-order valence-electron chi connectivity index (χ0n) is 9.27. The number of hydrogen-bond acceptors (Lipinski definition) is 3. The van der Waals surface area contributed by atoms with E-state index in [1.165, 1.54) is 0 Å². The number of nitrogens with zero attached hydrogens (tertiary/aromatic N) is 1. The molecule has 1 fully saturated rings. The van der Waals surface area contributed by atoms with Crippen LogP contribution < -0.4 is 0 Å². The standard InChI is InChI=1S/C10H17NO3S/c1-6(5-15-3)11(2)9(12)7-4-8(7)10(13)14/h6-8H,4-5H2,1-3H3,(H,13,14). The average molecular weight is 231 g/mol. The summed E-state index contributed by atoms with van der Waals surface area (Å²) < 4.78 is 0. The smallest absolute Gasteiger partial charge is 0.307 e. The zero-order valence-corrected chi connectivity index (χ0v) is 10.1. The van der Waals surface area contributed by atoms with Gasteiger partial charge in [0.2, 0.25) is 5.91 Å². The van der Waals surface area contributed by atoms with Crippen LogP contribution in [0.3, 0.4) is 0 Å². The molecule has 15 heavy (non-hydrogen) atoms. The van der Waals surface area contributed by atoms with Gasteiger partial charge in [0.05, 0.1) is 11.8 Å². The SMILES string of the molecule is CSCC(C)N(C)C(=O)C1CC1C(=O)O. The number of thioether (sulfide) groups is 1. The lowest BCUT2D eigenvalue weighted by Gasteiger charge is -2.24. The Morgan fingerprint density at radius 1 is 1.53 bits per heavy atom. The molecule has 5 heteroatoms. The number of carbonyl (C=O) groups excluding carboxylic acids is 1. The Kier molecular flexibility index (Phi) is 4.02. The first kappa shape index (κ1) is 12.4. The minimum absolute atomic E-state index is 0.0241. The summed E-state index contributed by atoms with van der Waals surface area (Å²) in [7, 11) is 1.75. The predicted molar refractivity (Wildman–Crippen MR) is 59.8 cm³/mol. The fourth-order valence-electron chi connectivity index (χ4n) is 1.57. The summed E-state index contributed by atoms with van der Waals surface area (Å²) in [5, 5.41) is 8.72. The minimum Gasteiger partial charge on any atom is -0.481 e. The molecule has 0 bridgehead atoms. The van der Waals surface area contributed by atoms with Gasteiger partial charge >= 0.3 is 5.97 Å². The quantitative estimate of drug-likeness (QED) is 0.764. The Balaban J connectivity index is 2.45. The highest BCUT2D eigenvalue weighted by Gasteiger charge is 2.49. The number of carbonyl (C=O) groups is 2. The number of aliphatic carboxylic acids is 1. The minimum atomic E-state index is -0.848. The van der Waals surface area contributed by atoms with E-state index in [4.69, 9.17) is 5.11 Å². The summed E-state index contributed by atoms with van der Waals surface area (Å²) in [5.41, 5.74) is 0. The van der Waals surface area contributed by atoms with Gasteiger partial charge in [-0.25, -0.2) is 0 Å². The summed E-state index contributed by atoms with van der Waals surface area (Å²) in [6, 6.07) is 0.169. The predicted octanol–water partition coefficient (Wildman–Crippen LogP) is 0.917. The van der Waals surface area contributed by atoms with E-state index in [0.717, 1.165) is 5.75 Å². The zero-order chi connectivity index (χ0) is 11.6. The third kappa shape index (κ3) is 2.87. The fraction of sp³-hybridized carbons (Fsp3) is 0.800. The van der Waals surface area contributed by atoms with Gasteiger partial charge in [0.15, 0.2) is 0 Å². The van der Waals surface area contributed by atoms with E-state index in [0.29, 0.717) is 6.42 Å². The lowest BCUT2D eigenvalue weighted by Crippen LogP contribution is -2.38. The molecule has 3 atom stereocenters. The number of rotatable bonds is 5. The first-order chi connectivity index (χ1) is 6.99. The van der Waals surface area contributed by atoms with Crippen LogP contribution >= 0.6 is 11.8 Å². The largest absolute Gasteiger partial charge is 0.481 e. The molecule has 1 N–H and O–H groups in total. The monoisotopic (exact) mass is 231 g/mol. The molecular weight excluding hydrogens is 214 g/mol. The molecule has 0 aliphatic heterocycles. The Labute approximate surface area is 94.0 Å². The first-order valence-corrected chi connectivity index (χ1v) is 6.36. The van der Waals surface area contributed by atoms with Gasteiger partial charge in [0, 0.05) is 18.8 Å². The Morgan fingerprint density at radius 3 is 2.53 bits per heavy atom. The lowest BCUT2D eigenvalue weighted by molar-refractivity contribution is -0.142. The van der Waals surface area contributed by atoms with Crippen LogP contribution in [0.2, 0.25) is 0 Å². The van der Waals surface area contributed by atoms with Gasteiger partial charge in [-0.05, 0) is 19.6 Å². The molecule has 1 aliphatic rings. The molecule has 0 heterocycles. The number of hydrogen-bond donors (Lipinski definition) is 1. The van der Waals surface area contributed by atoms with Crippen LogP contribution in [0.25, 0.3) is 0 Å². The topological polar surface area (TPSA) is 57.6 Å². The van der Waals surface area contributed by atoms with E-state index < -0.39 is 11.9 Å². The van der Waals surface area contributed by atoms with E-state index in [2.05, 4.69) is 0 Å². The number of amides is 1. The van der Waals surface area contributed by atoms with E-state index in [1.54, 1.807) is 23.7 Å². The third-order valence-electron chi connectivity index (χ3n) is 2.84. The van der Waals surface area contributed by atoms with Gasteiger partial charge in [0.1, 0.15) is 0 Å². The van der Waals surface area contributed by atoms with E-state index in [9.17, 15) is 9.59 Å². The summed E-state index contributed by atoms with van der Waals surface area (Å²) in [6.45, 7) is 1.98. The molecule has 0 saturated heterocycles. The average Bonchev–Trinajstić information content (AvgIpc) is 2.95. The van der Waals surface area contributed by atoms with Crippen molar-refractivity contribution < 1.29 is 14.7 Å². The summed E-state index contributed by atoms with van der Waals surface area (Å²) in [6.07, 6.45) is 2.50. The number of carboxylic acid groups (broad SMARTS) is 1. The van der Waals surface area contributed by atoms with Crippen LogP contribution in [0.5, 0.6) is 0 Å². The van der Waals surface area contributed by atoms with Crippen LogP contribution in [0.4, 0.5) is 0 Å². The van der Waals surface area contributed by atoms with Crippen LogP contribution in [-0.2, 0) is 9.59 Å². The molecular formula is C10H17NO3S. The summed E-state index contributed by atoms with van der Waals surface area (Å²) in [4.78, 5) is 24.1. The molecule has 1 aliphatic carbocycles. The van der Waals surface area contributed by atoms with Crippen molar-refractivity contribution in [2.24, 2.45) is 11.8 Å². The van der Waals surface area contributed by atoms with Crippen molar-refractivity contribution in [1.82, 2.24) is 4.90 Å². The van der Waals surface area contributed by atoms with Crippen molar-refractivity contribution in [1.29, 1.82) is 0 Å². The van der Waals surface area contributed by atoms with Crippen LogP contribution in [0, 0.1) is 11.8 Å². The van der Waals surface area contributed by atoms with Gasteiger partial charge in [-0.15, -0.1) is 0 Å². The molecule has 4 nitrogen and oxygen atoms in total. The van der Waals surface area contributed by atoms with Gasteiger partial charge in [-0.2, -0.15) is 11.8 Å². The van der Waals surface area contributed by atoms with Crippen molar-refractivity contribution in [2.45, 2.75) is 19.4 Å². The van der Waals surface area contributed by atoms with Crippen LogP contribution in [0.1, 0.15) is 13.3 Å². The second-order valence-corrected chi connectivity index (χ2v) is 4.95. The van der Waals surface area contributed by atoms with Crippen LogP contribution in [0.15, 0.2) is 0 Å². The molecule has 0 aromatic heterocycles. The molecule has 1 amide bonds. The molecule has 1 saturated carbocycles. The molecule has 0 spiro atoms. The first-order valence-electron chi connectivity index (χ1n) is 4.97. The maximum Gasteiger partial charge on any atom is 0.307 e. The maximum absolute atomic E-state index is 11.8. The third-order valence-corrected chi connectivity index (χ3v) is 3.66. The van der Waals surface area contributed by atoms with Crippen molar-refractivity contribution in [3.05, 3.63) is 0 Å². The summed E-state index contributed by atoms with van der Waals surface area (Å²) in [5.74, 6) is -0.714. The Bertz CT molecular complexity index is 269. The van der Waals surface area contributed by atoms with E-state index in [1.807, 2.05) is 13.2 Å². The lowest BCUT2D eigenvalue weighted by atomic mass is 10.2. The van der Waals surface area contributed by atoms with Gasteiger partial charge in [-0.3, -0.25) is 9.59 Å².